The highest BCUT2D eigenvalue weighted by Gasteiger charge is 2.22. The SMILES string of the molecule is CC[C@@H](C)c1ccccc1NC(=O)[C@@H](C)OC(=O)c1ccc2c(c1)OCO2. The van der Waals surface area contributed by atoms with Gasteiger partial charge in [-0.05, 0) is 49.1 Å². The molecular formula is C21H23NO5. The summed E-state index contributed by atoms with van der Waals surface area (Å²) in [6, 6.07) is 12.4. The molecule has 6 heteroatoms. The van der Waals surface area contributed by atoms with Crippen molar-refractivity contribution in [2.24, 2.45) is 0 Å². The number of amides is 1. The van der Waals surface area contributed by atoms with Crippen LogP contribution in [0.25, 0.3) is 0 Å². The van der Waals surface area contributed by atoms with Crippen LogP contribution in [-0.4, -0.2) is 24.8 Å². The molecule has 2 aromatic rings. The molecule has 0 saturated carbocycles. The Bertz CT molecular complexity index is 848. The van der Waals surface area contributed by atoms with Crippen LogP contribution < -0.4 is 14.8 Å². The van der Waals surface area contributed by atoms with Crippen molar-refractivity contribution < 1.29 is 23.8 Å². The van der Waals surface area contributed by atoms with E-state index in [0.29, 0.717) is 23.0 Å². The maximum Gasteiger partial charge on any atom is 0.339 e. The van der Waals surface area contributed by atoms with Crippen LogP contribution in [0.15, 0.2) is 42.5 Å². The maximum atomic E-state index is 12.5. The fourth-order valence-electron chi connectivity index (χ4n) is 2.80. The van der Waals surface area contributed by atoms with Gasteiger partial charge in [-0.1, -0.05) is 32.0 Å². The molecule has 0 saturated heterocycles. The highest BCUT2D eigenvalue weighted by atomic mass is 16.7. The molecule has 1 heterocycles. The summed E-state index contributed by atoms with van der Waals surface area (Å²) < 4.78 is 15.8. The largest absolute Gasteiger partial charge is 0.454 e. The Labute approximate surface area is 158 Å². The molecule has 0 spiro atoms. The first-order valence-electron chi connectivity index (χ1n) is 9.00. The van der Waals surface area contributed by atoms with Crippen LogP contribution in [0.4, 0.5) is 5.69 Å². The van der Waals surface area contributed by atoms with Crippen molar-refractivity contribution >= 4 is 17.6 Å². The summed E-state index contributed by atoms with van der Waals surface area (Å²) in [7, 11) is 0. The number of hydrogen-bond donors (Lipinski definition) is 1. The van der Waals surface area contributed by atoms with Gasteiger partial charge in [-0.15, -0.1) is 0 Å². The number of ether oxygens (including phenoxy) is 3. The van der Waals surface area contributed by atoms with E-state index in [-0.39, 0.29) is 12.7 Å². The summed E-state index contributed by atoms with van der Waals surface area (Å²) in [6.45, 7) is 5.88. The van der Waals surface area contributed by atoms with Crippen LogP contribution in [-0.2, 0) is 9.53 Å². The van der Waals surface area contributed by atoms with Crippen molar-refractivity contribution in [3.05, 3.63) is 53.6 Å². The predicted octanol–water partition coefficient (Wildman–Crippen LogP) is 4.11. The van der Waals surface area contributed by atoms with Gasteiger partial charge in [-0.3, -0.25) is 4.79 Å². The molecule has 3 rings (SSSR count). The lowest BCUT2D eigenvalue weighted by molar-refractivity contribution is -0.123. The molecule has 1 amide bonds. The molecule has 27 heavy (non-hydrogen) atoms. The van der Waals surface area contributed by atoms with Crippen molar-refractivity contribution in [2.75, 3.05) is 12.1 Å². The first-order chi connectivity index (χ1) is 13.0. The van der Waals surface area contributed by atoms with Gasteiger partial charge in [0.2, 0.25) is 6.79 Å². The summed E-state index contributed by atoms with van der Waals surface area (Å²) in [4.78, 5) is 24.8. The molecule has 1 aliphatic heterocycles. The number of hydrogen-bond acceptors (Lipinski definition) is 5. The topological polar surface area (TPSA) is 73.9 Å². The molecule has 0 unspecified atom stereocenters. The van der Waals surface area contributed by atoms with Crippen LogP contribution in [0.3, 0.4) is 0 Å². The molecule has 6 nitrogen and oxygen atoms in total. The number of rotatable bonds is 6. The zero-order chi connectivity index (χ0) is 19.4. The Balaban J connectivity index is 1.65. The first-order valence-corrected chi connectivity index (χ1v) is 9.00. The lowest BCUT2D eigenvalue weighted by atomic mass is 9.97. The summed E-state index contributed by atoms with van der Waals surface area (Å²) in [5.41, 5.74) is 2.10. The van der Waals surface area contributed by atoms with Crippen LogP contribution in [0.5, 0.6) is 11.5 Å². The number of nitrogens with one attached hydrogen (secondary N) is 1. The van der Waals surface area contributed by atoms with E-state index in [0.717, 1.165) is 17.7 Å². The number of esters is 1. The fourth-order valence-corrected chi connectivity index (χ4v) is 2.80. The Morgan fingerprint density at radius 3 is 2.63 bits per heavy atom. The van der Waals surface area contributed by atoms with Crippen molar-refractivity contribution in [3.63, 3.8) is 0 Å². The molecule has 1 aliphatic rings. The Kier molecular flexibility index (Phi) is 5.64. The predicted molar refractivity (Wildman–Crippen MR) is 101 cm³/mol. The normalized spacial score (nSPS) is 14.3. The average molecular weight is 369 g/mol. The third kappa shape index (κ3) is 4.22. The van der Waals surface area contributed by atoms with E-state index in [2.05, 4.69) is 19.2 Å². The van der Waals surface area contributed by atoms with E-state index in [1.54, 1.807) is 25.1 Å². The minimum Gasteiger partial charge on any atom is -0.454 e. The third-order valence-corrected chi connectivity index (χ3v) is 4.62. The average Bonchev–Trinajstić information content (AvgIpc) is 3.15. The van der Waals surface area contributed by atoms with E-state index in [1.165, 1.54) is 0 Å². The summed E-state index contributed by atoms with van der Waals surface area (Å²) >= 11 is 0. The van der Waals surface area contributed by atoms with Gasteiger partial charge < -0.3 is 19.5 Å². The zero-order valence-corrected chi connectivity index (χ0v) is 15.7. The molecule has 0 bridgehead atoms. The standard InChI is InChI=1S/C21H23NO5/c1-4-13(2)16-7-5-6-8-17(16)22-20(23)14(3)27-21(24)15-9-10-18-19(11-15)26-12-25-18/h5-11,13-14H,4,12H2,1-3H3,(H,22,23)/t13-,14-/m1/s1. The van der Waals surface area contributed by atoms with Crippen LogP contribution in [0.1, 0.15) is 49.0 Å². The molecule has 0 aromatic heterocycles. The summed E-state index contributed by atoms with van der Waals surface area (Å²) in [6.07, 6.45) is 0.0227. The Morgan fingerprint density at radius 1 is 1.11 bits per heavy atom. The van der Waals surface area contributed by atoms with Crippen LogP contribution in [0, 0.1) is 0 Å². The van der Waals surface area contributed by atoms with E-state index in [1.807, 2.05) is 24.3 Å². The number of fused-ring (bicyclic) bond motifs is 1. The highest BCUT2D eigenvalue weighted by Crippen LogP contribution is 2.32. The highest BCUT2D eigenvalue weighted by molar-refractivity contribution is 5.98. The second-order valence-electron chi connectivity index (χ2n) is 6.50. The lowest BCUT2D eigenvalue weighted by Gasteiger charge is -2.18. The van der Waals surface area contributed by atoms with Crippen molar-refractivity contribution in [3.8, 4) is 11.5 Å². The zero-order valence-electron chi connectivity index (χ0n) is 15.7. The second kappa shape index (κ2) is 8.12. The van der Waals surface area contributed by atoms with Gasteiger partial charge in [-0.2, -0.15) is 0 Å². The van der Waals surface area contributed by atoms with E-state index in [4.69, 9.17) is 14.2 Å². The van der Waals surface area contributed by atoms with Gasteiger partial charge in [-0.25, -0.2) is 4.79 Å². The van der Waals surface area contributed by atoms with Crippen LogP contribution >= 0.6 is 0 Å². The number of para-hydroxylation sites is 1. The number of carbonyl (C=O) groups is 2. The molecule has 2 aromatic carbocycles. The van der Waals surface area contributed by atoms with Crippen molar-refractivity contribution in [2.45, 2.75) is 39.2 Å². The molecule has 0 aliphatic carbocycles. The Hall–Kier alpha value is -3.02. The summed E-state index contributed by atoms with van der Waals surface area (Å²) in [5.74, 6) is 0.419. The maximum absolute atomic E-state index is 12.5. The second-order valence-corrected chi connectivity index (χ2v) is 6.50. The van der Waals surface area contributed by atoms with Gasteiger partial charge >= 0.3 is 5.97 Å². The van der Waals surface area contributed by atoms with Gasteiger partial charge in [0.25, 0.3) is 5.91 Å². The number of anilines is 1. The van der Waals surface area contributed by atoms with Gasteiger partial charge in [0, 0.05) is 5.69 Å². The van der Waals surface area contributed by atoms with E-state index >= 15 is 0 Å². The van der Waals surface area contributed by atoms with Gasteiger partial charge in [0.1, 0.15) is 0 Å². The molecule has 0 fully saturated rings. The summed E-state index contributed by atoms with van der Waals surface area (Å²) in [5, 5.41) is 2.86. The molecule has 142 valence electrons. The van der Waals surface area contributed by atoms with E-state index < -0.39 is 12.1 Å². The first kappa shape index (κ1) is 18.8. The molecule has 0 radical (unpaired) electrons. The smallest absolute Gasteiger partial charge is 0.339 e. The Morgan fingerprint density at radius 2 is 1.85 bits per heavy atom. The van der Waals surface area contributed by atoms with Gasteiger partial charge in [0.05, 0.1) is 5.56 Å². The number of carbonyl (C=O) groups excluding carboxylic acids is 2. The molecular weight excluding hydrogens is 346 g/mol. The number of benzene rings is 2. The fraction of sp³-hybridized carbons (Fsp3) is 0.333. The minimum atomic E-state index is -0.937. The quantitative estimate of drug-likeness (QED) is 0.776. The van der Waals surface area contributed by atoms with Crippen LogP contribution in [0.2, 0.25) is 0 Å². The minimum absolute atomic E-state index is 0.127. The van der Waals surface area contributed by atoms with E-state index in [9.17, 15) is 9.59 Å². The van der Waals surface area contributed by atoms with Crippen molar-refractivity contribution in [1.82, 2.24) is 0 Å². The van der Waals surface area contributed by atoms with Crippen molar-refractivity contribution in [1.29, 1.82) is 0 Å². The molecule has 1 N–H and O–H groups in total. The lowest BCUT2D eigenvalue weighted by Crippen LogP contribution is -2.30. The monoisotopic (exact) mass is 369 g/mol. The third-order valence-electron chi connectivity index (χ3n) is 4.62. The van der Waals surface area contributed by atoms with Gasteiger partial charge in [0.15, 0.2) is 17.6 Å². The molecule has 2 atom stereocenters.